The Balaban J connectivity index is 1.46. The molecule has 3 fully saturated rings. The summed E-state index contributed by atoms with van der Waals surface area (Å²) in [6, 6.07) is 0. The van der Waals surface area contributed by atoms with Crippen molar-refractivity contribution in [1.82, 2.24) is 15.1 Å². The van der Waals surface area contributed by atoms with Crippen molar-refractivity contribution in [2.75, 3.05) is 46.1 Å². The smallest absolute Gasteiger partial charge is 0.244 e. The van der Waals surface area contributed by atoms with Crippen molar-refractivity contribution < 1.29 is 9.53 Å². The van der Waals surface area contributed by atoms with Gasteiger partial charge in [0.25, 0.3) is 0 Å². The molecule has 1 saturated carbocycles. The van der Waals surface area contributed by atoms with E-state index in [1.165, 1.54) is 0 Å². The van der Waals surface area contributed by atoms with Gasteiger partial charge < -0.3 is 9.64 Å². The number of nitrogens with one attached hydrogen (secondary N) is 1. The minimum Gasteiger partial charge on any atom is -0.379 e. The molecule has 1 N–H and O–H groups in total. The van der Waals surface area contributed by atoms with Crippen LogP contribution in [0.4, 0.5) is 0 Å². The van der Waals surface area contributed by atoms with Crippen molar-refractivity contribution >= 4 is 5.91 Å². The minimum atomic E-state index is -0.134. The highest BCUT2D eigenvalue weighted by Gasteiger charge is 2.55. The van der Waals surface area contributed by atoms with Gasteiger partial charge in [0.2, 0.25) is 5.91 Å². The minimum absolute atomic E-state index is 0.134. The Kier molecular flexibility index (Phi) is 2.61. The first-order valence-corrected chi connectivity index (χ1v) is 6.15. The summed E-state index contributed by atoms with van der Waals surface area (Å²) in [5, 5.41) is 3.33. The molecule has 0 aromatic heterocycles. The molecule has 1 spiro atoms. The van der Waals surface area contributed by atoms with Gasteiger partial charge in [0.15, 0.2) is 0 Å². The molecule has 0 aromatic rings. The van der Waals surface area contributed by atoms with Crippen LogP contribution in [0.5, 0.6) is 0 Å². The highest BCUT2D eigenvalue weighted by molar-refractivity contribution is 5.91. The van der Waals surface area contributed by atoms with E-state index >= 15 is 0 Å². The molecule has 2 saturated heterocycles. The van der Waals surface area contributed by atoms with E-state index < -0.39 is 0 Å². The van der Waals surface area contributed by atoms with E-state index in [2.05, 4.69) is 10.2 Å². The quantitative estimate of drug-likeness (QED) is 0.686. The Morgan fingerprint density at radius 2 is 2.00 bits per heavy atom. The standard InChI is InChI=1S/C11H19N3O2/c15-10-11(1-2-11)12-9-14(10)4-3-13-5-7-16-8-6-13/h12H,1-9H2. The number of hydrogen-bond acceptors (Lipinski definition) is 4. The third-order valence-electron chi connectivity index (χ3n) is 3.84. The zero-order valence-corrected chi connectivity index (χ0v) is 9.57. The molecular formula is C11H19N3O2. The Morgan fingerprint density at radius 1 is 1.25 bits per heavy atom. The lowest BCUT2D eigenvalue weighted by molar-refractivity contribution is -0.130. The van der Waals surface area contributed by atoms with Gasteiger partial charge in [-0.1, -0.05) is 0 Å². The Hall–Kier alpha value is -0.650. The number of rotatable bonds is 3. The van der Waals surface area contributed by atoms with Crippen LogP contribution >= 0.6 is 0 Å². The predicted molar refractivity (Wildman–Crippen MR) is 58.9 cm³/mol. The molecule has 0 radical (unpaired) electrons. The van der Waals surface area contributed by atoms with Crippen LogP contribution in [0.2, 0.25) is 0 Å². The normalized spacial score (nSPS) is 29.0. The Labute approximate surface area is 95.7 Å². The number of ether oxygens (including phenoxy) is 1. The largest absolute Gasteiger partial charge is 0.379 e. The second-order valence-electron chi connectivity index (χ2n) is 4.94. The predicted octanol–water partition coefficient (Wildman–Crippen LogP) is -0.759. The fourth-order valence-corrected chi connectivity index (χ4v) is 2.48. The van der Waals surface area contributed by atoms with E-state index in [0.717, 1.165) is 58.9 Å². The van der Waals surface area contributed by atoms with Crippen molar-refractivity contribution in [3.05, 3.63) is 0 Å². The van der Waals surface area contributed by atoms with Gasteiger partial charge in [-0.2, -0.15) is 0 Å². The van der Waals surface area contributed by atoms with Gasteiger partial charge in [0.05, 0.1) is 25.4 Å². The third-order valence-corrected chi connectivity index (χ3v) is 3.84. The van der Waals surface area contributed by atoms with Gasteiger partial charge in [-0.3, -0.25) is 15.0 Å². The van der Waals surface area contributed by atoms with Crippen LogP contribution in [-0.4, -0.2) is 67.3 Å². The maximum atomic E-state index is 12.0. The molecule has 5 heteroatoms. The molecule has 90 valence electrons. The van der Waals surface area contributed by atoms with Crippen LogP contribution in [0.1, 0.15) is 12.8 Å². The van der Waals surface area contributed by atoms with E-state index in [1.807, 2.05) is 4.90 Å². The van der Waals surface area contributed by atoms with E-state index in [0.29, 0.717) is 5.91 Å². The zero-order chi connectivity index (χ0) is 11.0. The first-order chi connectivity index (χ1) is 7.80. The molecule has 16 heavy (non-hydrogen) atoms. The summed E-state index contributed by atoms with van der Waals surface area (Å²) >= 11 is 0. The van der Waals surface area contributed by atoms with Gasteiger partial charge in [0, 0.05) is 26.2 Å². The molecule has 0 unspecified atom stereocenters. The number of carbonyl (C=O) groups excluding carboxylic acids is 1. The van der Waals surface area contributed by atoms with E-state index in [1.54, 1.807) is 0 Å². The summed E-state index contributed by atoms with van der Waals surface area (Å²) < 4.78 is 5.30. The average Bonchev–Trinajstić information content (AvgIpc) is 3.04. The Morgan fingerprint density at radius 3 is 2.62 bits per heavy atom. The van der Waals surface area contributed by atoms with Crippen LogP contribution in [0.25, 0.3) is 0 Å². The molecule has 0 bridgehead atoms. The van der Waals surface area contributed by atoms with Gasteiger partial charge >= 0.3 is 0 Å². The molecule has 1 aliphatic carbocycles. The fourth-order valence-electron chi connectivity index (χ4n) is 2.48. The van der Waals surface area contributed by atoms with E-state index in [-0.39, 0.29) is 5.54 Å². The first kappa shape index (κ1) is 10.5. The maximum absolute atomic E-state index is 12.0. The summed E-state index contributed by atoms with van der Waals surface area (Å²) in [5.74, 6) is 0.320. The summed E-state index contributed by atoms with van der Waals surface area (Å²) in [5.41, 5.74) is -0.134. The van der Waals surface area contributed by atoms with E-state index in [4.69, 9.17) is 4.74 Å². The topological polar surface area (TPSA) is 44.8 Å². The van der Waals surface area contributed by atoms with Crippen LogP contribution in [0.3, 0.4) is 0 Å². The summed E-state index contributed by atoms with van der Waals surface area (Å²) in [7, 11) is 0. The third kappa shape index (κ3) is 1.83. The summed E-state index contributed by atoms with van der Waals surface area (Å²) in [6.45, 7) is 6.23. The molecule has 0 atom stereocenters. The second kappa shape index (κ2) is 3.98. The number of amides is 1. The van der Waals surface area contributed by atoms with Crippen LogP contribution in [0.15, 0.2) is 0 Å². The van der Waals surface area contributed by atoms with Gasteiger partial charge in [-0.15, -0.1) is 0 Å². The van der Waals surface area contributed by atoms with Crippen molar-refractivity contribution in [3.8, 4) is 0 Å². The van der Waals surface area contributed by atoms with Crippen molar-refractivity contribution in [3.63, 3.8) is 0 Å². The first-order valence-electron chi connectivity index (χ1n) is 6.15. The molecule has 3 rings (SSSR count). The van der Waals surface area contributed by atoms with Crippen molar-refractivity contribution in [2.45, 2.75) is 18.4 Å². The lowest BCUT2D eigenvalue weighted by atomic mass is 10.3. The summed E-state index contributed by atoms with van der Waals surface area (Å²) in [6.07, 6.45) is 2.06. The highest BCUT2D eigenvalue weighted by Crippen LogP contribution is 2.39. The van der Waals surface area contributed by atoms with Crippen LogP contribution in [-0.2, 0) is 9.53 Å². The number of carbonyl (C=O) groups is 1. The number of hydrogen-bond donors (Lipinski definition) is 1. The van der Waals surface area contributed by atoms with E-state index in [9.17, 15) is 4.79 Å². The molecule has 3 aliphatic rings. The Bertz CT molecular complexity index is 285. The number of morpholine rings is 1. The fraction of sp³-hybridized carbons (Fsp3) is 0.909. The zero-order valence-electron chi connectivity index (χ0n) is 9.57. The summed E-state index contributed by atoms with van der Waals surface area (Å²) in [4.78, 5) is 16.3. The van der Waals surface area contributed by atoms with Gasteiger partial charge in [0.1, 0.15) is 0 Å². The lowest BCUT2D eigenvalue weighted by Gasteiger charge is -2.28. The molecule has 2 aliphatic heterocycles. The molecular weight excluding hydrogens is 206 g/mol. The average molecular weight is 225 g/mol. The van der Waals surface area contributed by atoms with Crippen LogP contribution in [0, 0.1) is 0 Å². The maximum Gasteiger partial charge on any atom is 0.244 e. The van der Waals surface area contributed by atoms with Gasteiger partial charge in [-0.25, -0.2) is 0 Å². The number of nitrogens with zero attached hydrogens (tertiary/aromatic N) is 2. The monoisotopic (exact) mass is 225 g/mol. The molecule has 5 nitrogen and oxygen atoms in total. The molecule has 0 aromatic carbocycles. The van der Waals surface area contributed by atoms with Crippen molar-refractivity contribution in [2.24, 2.45) is 0 Å². The van der Waals surface area contributed by atoms with Gasteiger partial charge in [-0.05, 0) is 12.8 Å². The second-order valence-corrected chi connectivity index (χ2v) is 4.94. The van der Waals surface area contributed by atoms with Crippen molar-refractivity contribution in [1.29, 1.82) is 0 Å². The SMILES string of the molecule is O=C1N(CCN2CCOCC2)CNC12CC2. The highest BCUT2D eigenvalue weighted by atomic mass is 16.5. The lowest BCUT2D eigenvalue weighted by Crippen LogP contribution is -2.42. The molecule has 2 heterocycles. The van der Waals surface area contributed by atoms with Crippen LogP contribution < -0.4 is 5.32 Å². The molecule has 1 amide bonds.